The summed E-state index contributed by atoms with van der Waals surface area (Å²) in [6.07, 6.45) is 5.71. The molecule has 7 heteroatoms. The first-order chi connectivity index (χ1) is 13.7. The molecule has 1 aliphatic rings. The van der Waals surface area contributed by atoms with Crippen molar-refractivity contribution in [2.75, 3.05) is 33.3 Å². The van der Waals surface area contributed by atoms with Gasteiger partial charge in [-0.3, -0.25) is 14.9 Å². The van der Waals surface area contributed by atoms with Crippen molar-refractivity contribution >= 4 is 29.9 Å². The van der Waals surface area contributed by atoms with Crippen LogP contribution in [0.4, 0.5) is 0 Å². The Hall–Kier alpha value is -1.87. The second kappa shape index (κ2) is 12.6. The minimum absolute atomic E-state index is 0. The van der Waals surface area contributed by atoms with E-state index in [1.807, 2.05) is 19.2 Å². The summed E-state index contributed by atoms with van der Waals surface area (Å²) in [6.45, 7) is 6.71. The van der Waals surface area contributed by atoms with Crippen molar-refractivity contribution < 1.29 is 4.74 Å². The summed E-state index contributed by atoms with van der Waals surface area (Å²) in [5, 5.41) is 6.87. The highest BCUT2D eigenvalue weighted by Crippen LogP contribution is 2.16. The fraction of sp³-hybridized carbons (Fsp3) is 0.455. The molecule has 6 nitrogen and oxygen atoms in total. The number of halogens is 1. The zero-order chi connectivity index (χ0) is 19.6. The van der Waals surface area contributed by atoms with E-state index >= 15 is 0 Å². The van der Waals surface area contributed by atoms with Crippen molar-refractivity contribution in [1.29, 1.82) is 0 Å². The second-order valence-electron chi connectivity index (χ2n) is 7.16. The summed E-state index contributed by atoms with van der Waals surface area (Å²) >= 11 is 0. The molecule has 0 unspecified atom stereocenters. The van der Waals surface area contributed by atoms with Crippen LogP contribution < -0.4 is 15.4 Å². The van der Waals surface area contributed by atoms with Gasteiger partial charge in [0, 0.05) is 38.9 Å². The zero-order valence-electron chi connectivity index (χ0n) is 17.3. The third-order valence-electron chi connectivity index (χ3n) is 5.10. The molecule has 0 radical (unpaired) electrons. The number of nitrogens with one attached hydrogen (secondary N) is 2. The van der Waals surface area contributed by atoms with Crippen LogP contribution in [0.3, 0.4) is 0 Å². The standard InChI is InChI=1S/C22H31N5O.HI/c1-18-6-3-4-7-19(18)17-27-13-9-20(10-14-27)26-22(23-2)25-12-15-28-21-8-5-11-24-16-21;/h3-8,11,16,20H,9-10,12-15,17H2,1-2H3,(H2,23,25,26);1H. The summed E-state index contributed by atoms with van der Waals surface area (Å²) in [5.41, 5.74) is 2.81. The molecular weight excluding hydrogens is 477 g/mol. The molecule has 2 aromatic rings. The minimum atomic E-state index is 0. The average Bonchev–Trinajstić information content (AvgIpc) is 2.74. The van der Waals surface area contributed by atoms with Gasteiger partial charge in [0.1, 0.15) is 12.4 Å². The molecule has 0 amide bonds. The average molecular weight is 509 g/mol. The highest BCUT2D eigenvalue weighted by atomic mass is 127. The molecule has 1 aromatic carbocycles. The number of hydrogen-bond acceptors (Lipinski definition) is 4. The van der Waals surface area contributed by atoms with Gasteiger partial charge in [-0.2, -0.15) is 0 Å². The maximum Gasteiger partial charge on any atom is 0.191 e. The van der Waals surface area contributed by atoms with E-state index in [1.165, 1.54) is 11.1 Å². The van der Waals surface area contributed by atoms with E-state index < -0.39 is 0 Å². The molecule has 0 atom stereocenters. The van der Waals surface area contributed by atoms with Gasteiger partial charge in [-0.1, -0.05) is 24.3 Å². The van der Waals surface area contributed by atoms with Gasteiger partial charge in [0.05, 0.1) is 12.7 Å². The van der Waals surface area contributed by atoms with Crippen LogP contribution >= 0.6 is 24.0 Å². The van der Waals surface area contributed by atoms with Crippen LogP contribution in [-0.4, -0.2) is 55.2 Å². The molecule has 1 fully saturated rings. The highest BCUT2D eigenvalue weighted by Gasteiger charge is 2.20. The number of aryl methyl sites for hydroxylation is 1. The predicted molar refractivity (Wildman–Crippen MR) is 129 cm³/mol. The van der Waals surface area contributed by atoms with Gasteiger partial charge < -0.3 is 15.4 Å². The normalized spacial score (nSPS) is 15.4. The van der Waals surface area contributed by atoms with Crippen LogP contribution in [0.1, 0.15) is 24.0 Å². The molecule has 2 N–H and O–H groups in total. The fourth-order valence-corrected chi connectivity index (χ4v) is 3.42. The summed E-state index contributed by atoms with van der Waals surface area (Å²) in [5.74, 6) is 1.63. The number of aromatic nitrogens is 1. The lowest BCUT2D eigenvalue weighted by molar-refractivity contribution is 0.198. The van der Waals surface area contributed by atoms with Gasteiger partial charge in [-0.05, 0) is 43.0 Å². The number of hydrogen-bond donors (Lipinski definition) is 2. The van der Waals surface area contributed by atoms with Crippen molar-refractivity contribution in [2.45, 2.75) is 32.4 Å². The summed E-state index contributed by atoms with van der Waals surface area (Å²) in [6, 6.07) is 12.9. The third kappa shape index (κ3) is 7.81. The maximum atomic E-state index is 5.66. The number of ether oxygens (including phenoxy) is 1. The predicted octanol–water partition coefficient (Wildman–Crippen LogP) is 3.22. The van der Waals surface area contributed by atoms with Crippen molar-refractivity contribution in [3.05, 3.63) is 59.9 Å². The molecule has 1 aromatic heterocycles. The molecule has 0 spiro atoms. The first-order valence-corrected chi connectivity index (χ1v) is 10.0. The number of aliphatic imine (C=N–C) groups is 1. The van der Waals surface area contributed by atoms with Crippen LogP contribution in [0, 0.1) is 6.92 Å². The quantitative estimate of drug-likeness (QED) is 0.260. The molecule has 1 saturated heterocycles. The number of rotatable bonds is 7. The van der Waals surface area contributed by atoms with Gasteiger partial charge >= 0.3 is 0 Å². The topological polar surface area (TPSA) is 61.8 Å². The van der Waals surface area contributed by atoms with Gasteiger partial charge in [-0.25, -0.2) is 0 Å². The van der Waals surface area contributed by atoms with E-state index in [4.69, 9.17) is 4.74 Å². The molecule has 2 heterocycles. The number of nitrogens with zero attached hydrogens (tertiary/aromatic N) is 3. The van der Waals surface area contributed by atoms with E-state index in [9.17, 15) is 0 Å². The molecular formula is C22H32IN5O. The molecule has 1 aliphatic heterocycles. The molecule has 0 bridgehead atoms. The molecule has 3 rings (SSSR count). The summed E-state index contributed by atoms with van der Waals surface area (Å²) < 4.78 is 5.66. The lowest BCUT2D eigenvalue weighted by Gasteiger charge is -2.33. The SMILES string of the molecule is CN=C(NCCOc1cccnc1)NC1CCN(Cc2ccccc2C)CC1.I. The fourth-order valence-electron chi connectivity index (χ4n) is 3.42. The van der Waals surface area contributed by atoms with Crippen molar-refractivity contribution in [1.82, 2.24) is 20.5 Å². The van der Waals surface area contributed by atoms with Crippen LogP contribution in [0.2, 0.25) is 0 Å². The maximum absolute atomic E-state index is 5.66. The van der Waals surface area contributed by atoms with E-state index in [-0.39, 0.29) is 24.0 Å². The van der Waals surface area contributed by atoms with Crippen LogP contribution in [0.25, 0.3) is 0 Å². The summed E-state index contributed by atoms with van der Waals surface area (Å²) in [4.78, 5) is 10.9. The lowest BCUT2D eigenvalue weighted by Crippen LogP contribution is -2.49. The van der Waals surface area contributed by atoms with Gasteiger partial charge in [-0.15, -0.1) is 24.0 Å². The van der Waals surface area contributed by atoms with Gasteiger partial charge in [0.25, 0.3) is 0 Å². The number of guanidine groups is 1. The number of benzene rings is 1. The number of pyridine rings is 1. The third-order valence-corrected chi connectivity index (χ3v) is 5.10. The van der Waals surface area contributed by atoms with E-state index in [0.29, 0.717) is 19.2 Å². The first-order valence-electron chi connectivity index (χ1n) is 10.0. The Balaban J connectivity index is 0.00000300. The largest absolute Gasteiger partial charge is 0.490 e. The molecule has 0 saturated carbocycles. The first kappa shape index (κ1) is 23.4. The molecule has 158 valence electrons. The van der Waals surface area contributed by atoms with E-state index in [1.54, 1.807) is 12.4 Å². The van der Waals surface area contributed by atoms with Gasteiger partial charge in [0.2, 0.25) is 0 Å². The van der Waals surface area contributed by atoms with Crippen molar-refractivity contribution in [3.8, 4) is 5.75 Å². The lowest BCUT2D eigenvalue weighted by atomic mass is 10.0. The Morgan fingerprint density at radius 3 is 2.69 bits per heavy atom. The summed E-state index contributed by atoms with van der Waals surface area (Å²) in [7, 11) is 1.81. The Kier molecular flexibility index (Phi) is 10.2. The van der Waals surface area contributed by atoms with E-state index in [0.717, 1.165) is 44.2 Å². The number of likely N-dealkylation sites (tertiary alicyclic amines) is 1. The minimum Gasteiger partial charge on any atom is -0.490 e. The van der Waals surface area contributed by atoms with Gasteiger partial charge in [0.15, 0.2) is 5.96 Å². The van der Waals surface area contributed by atoms with E-state index in [2.05, 4.69) is 56.7 Å². The van der Waals surface area contributed by atoms with Crippen LogP contribution in [0.15, 0.2) is 53.8 Å². The van der Waals surface area contributed by atoms with Crippen molar-refractivity contribution in [3.63, 3.8) is 0 Å². The Labute approximate surface area is 191 Å². The highest BCUT2D eigenvalue weighted by molar-refractivity contribution is 14.0. The Morgan fingerprint density at radius 2 is 2.00 bits per heavy atom. The molecule has 29 heavy (non-hydrogen) atoms. The van der Waals surface area contributed by atoms with Crippen LogP contribution in [0.5, 0.6) is 5.75 Å². The molecule has 0 aliphatic carbocycles. The van der Waals surface area contributed by atoms with Crippen molar-refractivity contribution in [2.24, 2.45) is 4.99 Å². The Morgan fingerprint density at radius 1 is 1.21 bits per heavy atom. The monoisotopic (exact) mass is 509 g/mol. The van der Waals surface area contributed by atoms with Crippen LogP contribution in [-0.2, 0) is 6.54 Å². The number of piperidine rings is 1. The second-order valence-corrected chi connectivity index (χ2v) is 7.16. The smallest absolute Gasteiger partial charge is 0.191 e. The zero-order valence-corrected chi connectivity index (χ0v) is 19.6. The Bertz CT molecular complexity index is 748.